The lowest BCUT2D eigenvalue weighted by Gasteiger charge is -2.31. The highest BCUT2D eigenvalue weighted by Gasteiger charge is 2.33. The van der Waals surface area contributed by atoms with Gasteiger partial charge >= 0.3 is 5.88 Å². The number of aryl methyl sites for hydroxylation is 1. The maximum atomic E-state index is 13.8. The van der Waals surface area contributed by atoms with Crippen LogP contribution in [0.5, 0.6) is 11.5 Å². The molecule has 0 radical (unpaired) electrons. The number of hydrogen-bond acceptors (Lipinski definition) is 8. The average Bonchev–Trinajstić information content (AvgIpc) is 3.51. The predicted molar refractivity (Wildman–Crippen MR) is 138 cm³/mol. The van der Waals surface area contributed by atoms with Gasteiger partial charge in [-0.2, -0.15) is 0 Å². The zero-order chi connectivity index (χ0) is 25.7. The molecule has 1 aliphatic carbocycles. The Kier molecular flexibility index (Phi) is 5.53. The van der Waals surface area contributed by atoms with E-state index in [2.05, 4.69) is 12.1 Å². The van der Waals surface area contributed by atoms with Gasteiger partial charge in [0.1, 0.15) is 10.7 Å². The Bertz CT molecular complexity index is 1780. The largest absolute Gasteiger partial charge is 0.493 e. The minimum atomic E-state index is -0.610. The van der Waals surface area contributed by atoms with Gasteiger partial charge in [-0.05, 0) is 47.7 Å². The van der Waals surface area contributed by atoms with Crippen LogP contribution in [0.15, 0.2) is 74.4 Å². The van der Waals surface area contributed by atoms with Crippen molar-refractivity contribution < 1.29 is 18.8 Å². The molecule has 4 aromatic rings. The monoisotopic (exact) mass is 515 g/mol. The summed E-state index contributed by atoms with van der Waals surface area (Å²) >= 11 is 1.23. The number of hydrogen-bond donors (Lipinski definition) is 0. The van der Waals surface area contributed by atoms with E-state index >= 15 is 0 Å². The molecule has 0 bridgehead atoms. The fourth-order valence-electron chi connectivity index (χ4n) is 4.99. The number of nitro groups is 1. The molecule has 6 rings (SSSR count). The average molecular weight is 516 g/mol. The zero-order valence-electron chi connectivity index (χ0n) is 20.0. The van der Waals surface area contributed by atoms with Gasteiger partial charge in [0.15, 0.2) is 16.3 Å². The number of methoxy groups -OCH3 is 2. The summed E-state index contributed by atoms with van der Waals surface area (Å²) in [7, 11) is 3.16. The van der Waals surface area contributed by atoms with Crippen molar-refractivity contribution in [1.82, 2.24) is 4.57 Å². The highest BCUT2D eigenvalue weighted by atomic mass is 32.1. The summed E-state index contributed by atoms with van der Waals surface area (Å²) in [5.74, 6) is 1.02. The molecule has 0 N–H and O–H groups in total. The van der Waals surface area contributed by atoms with Crippen molar-refractivity contribution in [3.05, 3.63) is 112 Å². The Labute approximate surface area is 214 Å². The summed E-state index contributed by atoms with van der Waals surface area (Å²) in [4.78, 5) is 29.7. The first-order valence-electron chi connectivity index (χ1n) is 11.6. The Morgan fingerprint density at radius 3 is 2.68 bits per heavy atom. The first-order chi connectivity index (χ1) is 18.0. The van der Waals surface area contributed by atoms with Gasteiger partial charge in [-0.3, -0.25) is 19.5 Å². The maximum absolute atomic E-state index is 13.8. The highest BCUT2D eigenvalue weighted by molar-refractivity contribution is 7.07. The van der Waals surface area contributed by atoms with E-state index in [1.165, 1.54) is 35.1 Å². The van der Waals surface area contributed by atoms with Crippen LogP contribution in [0.25, 0.3) is 11.8 Å². The van der Waals surface area contributed by atoms with Gasteiger partial charge in [-0.15, -0.1) is 0 Å². The van der Waals surface area contributed by atoms with Crippen molar-refractivity contribution in [2.24, 2.45) is 4.99 Å². The van der Waals surface area contributed by atoms with Crippen molar-refractivity contribution in [3.8, 4) is 11.5 Å². The van der Waals surface area contributed by atoms with E-state index < -0.39 is 11.0 Å². The Morgan fingerprint density at radius 1 is 1.11 bits per heavy atom. The van der Waals surface area contributed by atoms with E-state index in [9.17, 15) is 14.9 Å². The standard InChI is InChI=1S/C27H21N3O6S/c1-34-20-11-8-16(13-21(20)35-2)25-19-10-7-15-5-3-4-6-18(15)24(19)28-27-29(25)26(31)22(37-27)14-17-9-12-23(36-17)30(32)33/h3-6,8-9,11-14,25H,7,10H2,1-2H3/b22-14+/t25-/m0/s1. The third-order valence-electron chi connectivity index (χ3n) is 6.66. The summed E-state index contributed by atoms with van der Waals surface area (Å²) in [6.07, 6.45) is 3.12. The van der Waals surface area contributed by atoms with Gasteiger partial charge in [0.2, 0.25) is 0 Å². The molecule has 186 valence electrons. The Hall–Kier alpha value is -4.44. The number of allylic oxidation sites excluding steroid dienone is 1. The van der Waals surface area contributed by atoms with Crippen LogP contribution in [0.4, 0.5) is 5.88 Å². The van der Waals surface area contributed by atoms with Crippen LogP contribution in [0.3, 0.4) is 0 Å². The molecule has 2 aromatic carbocycles. The van der Waals surface area contributed by atoms with E-state index in [-0.39, 0.29) is 17.2 Å². The number of fused-ring (bicyclic) bond motifs is 3. The molecule has 0 saturated heterocycles. The normalized spacial score (nSPS) is 16.5. The summed E-state index contributed by atoms with van der Waals surface area (Å²) in [5, 5.41) is 11.0. The van der Waals surface area contributed by atoms with E-state index in [1.807, 2.05) is 30.3 Å². The van der Waals surface area contributed by atoms with E-state index in [0.717, 1.165) is 35.2 Å². The quantitative estimate of drug-likeness (QED) is 0.295. The molecule has 2 aliphatic rings. The minimum Gasteiger partial charge on any atom is -0.493 e. The molecule has 3 heterocycles. The lowest BCUT2D eigenvalue weighted by Crippen LogP contribution is -2.38. The van der Waals surface area contributed by atoms with Crippen LogP contribution in [-0.2, 0) is 6.42 Å². The highest BCUT2D eigenvalue weighted by Crippen LogP contribution is 2.42. The number of furan rings is 1. The predicted octanol–water partition coefficient (Wildman–Crippen LogP) is 3.84. The first kappa shape index (κ1) is 23.0. The fourth-order valence-corrected chi connectivity index (χ4v) is 5.97. The summed E-state index contributed by atoms with van der Waals surface area (Å²) < 4.78 is 18.3. The van der Waals surface area contributed by atoms with Crippen LogP contribution in [-0.4, -0.2) is 23.7 Å². The third-order valence-corrected chi connectivity index (χ3v) is 7.65. The molecule has 0 saturated carbocycles. The molecule has 0 fully saturated rings. The Balaban J connectivity index is 1.60. The van der Waals surface area contributed by atoms with Gasteiger partial charge in [0.05, 0.1) is 36.6 Å². The molecule has 2 aromatic heterocycles. The number of rotatable bonds is 5. The summed E-state index contributed by atoms with van der Waals surface area (Å²) in [6, 6.07) is 16.2. The van der Waals surface area contributed by atoms with Crippen molar-refractivity contribution in [2.45, 2.75) is 18.9 Å². The number of thiazole rings is 1. The molecule has 0 amide bonds. The number of ether oxygens (including phenoxy) is 2. The third kappa shape index (κ3) is 3.77. The van der Waals surface area contributed by atoms with Crippen LogP contribution < -0.4 is 24.4 Å². The molecule has 37 heavy (non-hydrogen) atoms. The molecule has 0 unspecified atom stereocenters. The number of nitrogens with zero attached hydrogens (tertiary/aromatic N) is 3. The fraction of sp³-hybridized carbons (Fsp3) is 0.185. The second-order valence-electron chi connectivity index (χ2n) is 8.66. The molecule has 0 spiro atoms. The lowest BCUT2D eigenvalue weighted by atomic mass is 9.83. The molecule has 1 aliphatic heterocycles. The van der Waals surface area contributed by atoms with Crippen LogP contribution in [0.2, 0.25) is 0 Å². The summed E-state index contributed by atoms with van der Waals surface area (Å²) in [6.45, 7) is 0. The molecular formula is C27H21N3O6S. The number of benzene rings is 2. The molecule has 10 heteroatoms. The van der Waals surface area contributed by atoms with Gasteiger partial charge < -0.3 is 13.9 Å². The topological polar surface area (TPSA) is 109 Å². The van der Waals surface area contributed by atoms with Gasteiger partial charge in [-0.25, -0.2) is 4.99 Å². The summed E-state index contributed by atoms with van der Waals surface area (Å²) in [5.41, 5.74) is 4.85. The Morgan fingerprint density at radius 2 is 1.92 bits per heavy atom. The van der Waals surface area contributed by atoms with Crippen molar-refractivity contribution in [2.75, 3.05) is 14.2 Å². The van der Waals surface area contributed by atoms with Gasteiger partial charge in [0, 0.05) is 11.6 Å². The van der Waals surface area contributed by atoms with Crippen molar-refractivity contribution in [1.29, 1.82) is 0 Å². The second-order valence-corrected chi connectivity index (χ2v) is 9.67. The van der Waals surface area contributed by atoms with Gasteiger partial charge in [0.25, 0.3) is 5.56 Å². The molecule has 9 nitrogen and oxygen atoms in total. The zero-order valence-corrected chi connectivity index (χ0v) is 20.8. The second kappa shape index (κ2) is 8.90. The maximum Gasteiger partial charge on any atom is 0.433 e. The van der Waals surface area contributed by atoms with E-state index in [1.54, 1.807) is 18.8 Å². The van der Waals surface area contributed by atoms with Crippen molar-refractivity contribution in [3.63, 3.8) is 0 Å². The smallest absolute Gasteiger partial charge is 0.433 e. The van der Waals surface area contributed by atoms with Crippen LogP contribution in [0.1, 0.15) is 34.9 Å². The van der Waals surface area contributed by atoms with E-state index in [0.29, 0.717) is 20.8 Å². The molecule has 1 atom stereocenters. The first-order valence-corrected chi connectivity index (χ1v) is 12.4. The number of aromatic nitrogens is 1. The van der Waals surface area contributed by atoms with Crippen LogP contribution >= 0.6 is 11.3 Å². The lowest BCUT2D eigenvalue weighted by molar-refractivity contribution is -0.402. The molecular weight excluding hydrogens is 494 g/mol. The van der Waals surface area contributed by atoms with Gasteiger partial charge in [-0.1, -0.05) is 41.7 Å². The minimum absolute atomic E-state index is 0.230. The van der Waals surface area contributed by atoms with E-state index in [4.69, 9.17) is 18.9 Å². The van der Waals surface area contributed by atoms with Crippen molar-refractivity contribution >= 4 is 29.0 Å². The van der Waals surface area contributed by atoms with Crippen LogP contribution in [0, 0.1) is 10.1 Å². The SMILES string of the molecule is COc1ccc([C@H]2C3=C(N=c4s/c(=C/c5ccc([N+](=O)[O-])o5)c(=O)n42)c2ccccc2CC3)cc1OC.